The van der Waals surface area contributed by atoms with Gasteiger partial charge in [-0.3, -0.25) is 14.5 Å². The van der Waals surface area contributed by atoms with Crippen molar-refractivity contribution >= 4 is 46.3 Å². The molecule has 0 bridgehead atoms. The van der Waals surface area contributed by atoms with Gasteiger partial charge in [0.05, 0.1) is 17.7 Å². The van der Waals surface area contributed by atoms with E-state index in [2.05, 4.69) is 0 Å². The number of aryl methyl sites for hydroxylation is 1. The molecule has 5 nitrogen and oxygen atoms in total. The van der Waals surface area contributed by atoms with Crippen LogP contribution in [0.4, 0.5) is 5.69 Å². The first-order chi connectivity index (χ1) is 16.2. The summed E-state index contributed by atoms with van der Waals surface area (Å²) in [6.45, 7) is 5.68. The lowest BCUT2D eigenvalue weighted by atomic mass is 9.95. The molecule has 3 aromatic rings. The summed E-state index contributed by atoms with van der Waals surface area (Å²) in [7, 11) is 0. The maximum Gasteiger partial charge on any atom is 0.300 e. The van der Waals surface area contributed by atoms with Gasteiger partial charge in [0, 0.05) is 21.3 Å². The number of anilines is 1. The predicted octanol–water partition coefficient (Wildman–Crippen LogP) is 6.72. The maximum atomic E-state index is 13.2. The third-order valence-corrected chi connectivity index (χ3v) is 6.22. The van der Waals surface area contributed by atoms with E-state index < -0.39 is 17.7 Å². The Morgan fingerprint density at radius 1 is 0.971 bits per heavy atom. The molecule has 1 aliphatic heterocycles. The van der Waals surface area contributed by atoms with Gasteiger partial charge in [0.25, 0.3) is 11.7 Å². The predicted molar refractivity (Wildman–Crippen MR) is 135 cm³/mol. The lowest BCUT2D eigenvalue weighted by molar-refractivity contribution is -0.132. The Hall–Kier alpha value is -3.28. The number of benzene rings is 3. The number of carbonyl (C=O) groups is 2. The summed E-state index contributed by atoms with van der Waals surface area (Å²) in [4.78, 5) is 27.8. The van der Waals surface area contributed by atoms with Crippen molar-refractivity contribution in [2.45, 2.75) is 32.9 Å². The molecule has 0 aliphatic carbocycles. The van der Waals surface area contributed by atoms with Gasteiger partial charge in [-0.25, -0.2) is 0 Å². The lowest BCUT2D eigenvalue weighted by Crippen LogP contribution is -2.29. The van der Waals surface area contributed by atoms with Crippen molar-refractivity contribution in [1.82, 2.24) is 0 Å². The summed E-state index contributed by atoms with van der Waals surface area (Å²) in [5.74, 6) is -1.16. The lowest BCUT2D eigenvalue weighted by Gasteiger charge is -2.26. The normalized spacial score (nSPS) is 17.5. The van der Waals surface area contributed by atoms with Crippen LogP contribution in [0, 0.1) is 6.92 Å². The second kappa shape index (κ2) is 9.53. The van der Waals surface area contributed by atoms with E-state index in [-0.39, 0.29) is 17.4 Å². The molecule has 1 N–H and O–H groups in total. The average Bonchev–Trinajstić information content (AvgIpc) is 3.06. The molecule has 1 amide bonds. The number of rotatable bonds is 5. The van der Waals surface area contributed by atoms with Gasteiger partial charge >= 0.3 is 0 Å². The molecule has 0 saturated carbocycles. The second-order valence-electron chi connectivity index (χ2n) is 8.35. The molecule has 1 saturated heterocycles. The van der Waals surface area contributed by atoms with Crippen molar-refractivity contribution in [3.8, 4) is 5.75 Å². The number of hydrogen-bond acceptors (Lipinski definition) is 4. The highest BCUT2D eigenvalue weighted by atomic mass is 35.5. The fraction of sp³-hybridized carbons (Fsp3) is 0.185. The third kappa shape index (κ3) is 4.54. The Balaban J connectivity index is 1.87. The van der Waals surface area contributed by atoms with E-state index in [1.165, 1.54) is 4.90 Å². The minimum Gasteiger partial charge on any atom is -0.507 e. The first-order valence-corrected chi connectivity index (χ1v) is 11.5. The number of hydrogen-bond donors (Lipinski definition) is 1. The molecule has 1 heterocycles. The highest BCUT2D eigenvalue weighted by molar-refractivity contribution is 6.51. The molecule has 1 atom stereocenters. The molecule has 1 unspecified atom stereocenters. The molecule has 174 valence electrons. The summed E-state index contributed by atoms with van der Waals surface area (Å²) in [6.07, 6.45) is -0.00370. The van der Waals surface area contributed by atoms with Gasteiger partial charge in [-0.05, 0) is 80.4 Å². The van der Waals surface area contributed by atoms with Crippen molar-refractivity contribution < 1.29 is 19.4 Å². The van der Waals surface area contributed by atoms with Crippen LogP contribution in [0.3, 0.4) is 0 Å². The smallest absolute Gasteiger partial charge is 0.300 e. The summed E-state index contributed by atoms with van der Waals surface area (Å²) in [5, 5.41) is 12.2. The van der Waals surface area contributed by atoms with Gasteiger partial charge in [-0.15, -0.1) is 0 Å². The average molecular weight is 496 g/mol. The van der Waals surface area contributed by atoms with E-state index in [4.69, 9.17) is 27.9 Å². The van der Waals surface area contributed by atoms with Crippen LogP contribution in [0.1, 0.15) is 36.6 Å². The number of halogens is 2. The van der Waals surface area contributed by atoms with Crippen LogP contribution < -0.4 is 9.64 Å². The summed E-state index contributed by atoms with van der Waals surface area (Å²) >= 11 is 12.4. The Morgan fingerprint density at radius 2 is 1.62 bits per heavy atom. The number of aliphatic hydroxyl groups is 1. The molecular weight excluding hydrogens is 473 g/mol. The molecule has 7 heteroatoms. The molecular formula is C27H23Cl2NO4. The highest BCUT2D eigenvalue weighted by Crippen LogP contribution is 2.43. The van der Waals surface area contributed by atoms with E-state index in [9.17, 15) is 14.7 Å². The fourth-order valence-electron chi connectivity index (χ4n) is 3.91. The highest BCUT2D eigenvalue weighted by Gasteiger charge is 2.47. The molecule has 34 heavy (non-hydrogen) atoms. The topological polar surface area (TPSA) is 66.8 Å². The van der Waals surface area contributed by atoms with Crippen molar-refractivity contribution in [2.24, 2.45) is 0 Å². The van der Waals surface area contributed by atoms with Gasteiger partial charge in [0.2, 0.25) is 0 Å². The number of Topliss-reactive ketones (excluding diaryl/α,β-unsaturated/α-hetero) is 1. The van der Waals surface area contributed by atoms with Crippen molar-refractivity contribution in [1.29, 1.82) is 0 Å². The van der Waals surface area contributed by atoms with Crippen LogP contribution in [0.2, 0.25) is 10.0 Å². The fourth-order valence-corrected chi connectivity index (χ4v) is 4.21. The number of aliphatic hydroxyl groups excluding tert-OH is 1. The summed E-state index contributed by atoms with van der Waals surface area (Å²) < 4.78 is 5.66. The number of nitrogens with zero attached hydrogens (tertiary/aromatic N) is 1. The molecule has 3 aromatic carbocycles. The van der Waals surface area contributed by atoms with Crippen LogP contribution in [0.25, 0.3) is 5.76 Å². The Labute approximate surface area is 208 Å². The van der Waals surface area contributed by atoms with Crippen LogP contribution in [-0.2, 0) is 9.59 Å². The van der Waals surface area contributed by atoms with Crippen LogP contribution >= 0.6 is 23.2 Å². The first kappa shape index (κ1) is 23.9. The zero-order valence-electron chi connectivity index (χ0n) is 18.9. The van der Waals surface area contributed by atoms with Gasteiger partial charge in [0.1, 0.15) is 11.5 Å². The number of ether oxygens (including phenoxy) is 1. The van der Waals surface area contributed by atoms with Gasteiger partial charge in [-0.1, -0.05) is 41.4 Å². The third-order valence-electron chi connectivity index (χ3n) is 5.56. The SMILES string of the molecule is Cc1ccc(N2C(=O)C(=O)/C(=C(/O)c3ccc(OC(C)C)cc3)C2c2ccc(Cl)cc2)cc1Cl. The minimum atomic E-state index is -0.859. The standard InChI is InChI=1S/C27H23Cl2NO4/c1-15(2)34-21-12-7-18(8-13-21)25(31)23-24(17-5-9-19(28)10-6-17)30(27(33)26(23)32)20-11-4-16(3)22(29)14-20/h4-15,24,31H,1-3H3/b25-23+. The van der Waals surface area contributed by atoms with Gasteiger partial charge in [0.15, 0.2) is 0 Å². The molecule has 0 aromatic heterocycles. The van der Waals surface area contributed by atoms with Crippen LogP contribution in [0.5, 0.6) is 5.75 Å². The molecule has 0 radical (unpaired) electrons. The second-order valence-corrected chi connectivity index (χ2v) is 9.19. The van der Waals surface area contributed by atoms with Gasteiger partial charge in [-0.2, -0.15) is 0 Å². The van der Waals surface area contributed by atoms with Crippen LogP contribution in [0.15, 0.2) is 72.3 Å². The van der Waals surface area contributed by atoms with Crippen LogP contribution in [-0.4, -0.2) is 22.9 Å². The van der Waals surface area contributed by atoms with Crippen molar-refractivity contribution in [2.75, 3.05) is 4.90 Å². The molecule has 4 rings (SSSR count). The molecule has 0 spiro atoms. The number of amides is 1. The number of ketones is 1. The van der Waals surface area contributed by atoms with Crippen molar-refractivity contribution in [3.05, 3.63) is 99.0 Å². The first-order valence-electron chi connectivity index (χ1n) is 10.8. The van der Waals surface area contributed by atoms with E-state index in [1.807, 2.05) is 20.8 Å². The number of carbonyl (C=O) groups excluding carboxylic acids is 2. The van der Waals surface area contributed by atoms with E-state index in [0.29, 0.717) is 32.6 Å². The zero-order chi connectivity index (χ0) is 24.6. The maximum absolute atomic E-state index is 13.2. The van der Waals surface area contributed by atoms with Crippen molar-refractivity contribution in [3.63, 3.8) is 0 Å². The quantitative estimate of drug-likeness (QED) is 0.242. The van der Waals surface area contributed by atoms with E-state index in [0.717, 1.165) is 5.56 Å². The van der Waals surface area contributed by atoms with E-state index >= 15 is 0 Å². The Bertz CT molecular complexity index is 1280. The Morgan fingerprint density at radius 3 is 2.21 bits per heavy atom. The monoisotopic (exact) mass is 495 g/mol. The summed E-state index contributed by atoms with van der Waals surface area (Å²) in [6, 6.07) is 17.8. The zero-order valence-corrected chi connectivity index (χ0v) is 20.4. The van der Waals surface area contributed by atoms with E-state index in [1.54, 1.807) is 66.7 Å². The molecule has 1 fully saturated rings. The largest absolute Gasteiger partial charge is 0.507 e. The summed E-state index contributed by atoms with van der Waals surface area (Å²) in [5.41, 5.74) is 2.31. The Kier molecular flexibility index (Phi) is 6.69. The van der Waals surface area contributed by atoms with Gasteiger partial charge < -0.3 is 9.84 Å². The minimum absolute atomic E-state index is 0.00370. The molecule has 1 aliphatic rings.